The van der Waals surface area contributed by atoms with E-state index in [4.69, 9.17) is 9.47 Å². The van der Waals surface area contributed by atoms with Crippen LogP contribution in [0, 0.1) is 6.92 Å². The Balaban J connectivity index is 1.47. The molecule has 7 nitrogen and oxygen atoms in total. The van der Waals surface area contributed by atoms with Crippen LogP contribution in [0.2, 0.25) is 0 Å². The second kappa shape index (κ2) is 8.37. The van der Waals surface area contributed by atoms with E-state index in [1.807, 2.05) is 42.2 Å². The molecule has 0 aliphatic carbocycles. The summed E-state index contributed by atoms with van der Waals surface area (Å²) < 4.78 is 11.3. The van der Waals surface area contributed by atoms with E-state index in [0.29, 0.717) is 47.8 Å². The fourth-order valence-corrected chi connectivity index (χ4v) is 3.55. The van der Waals surface area contributed by atoms with Crippen molar-refractivity contribution in [2.45, 2.75) is 6.92 Å². The molecule has 0 spiro atoms. The monoisotopic (exact) mass is 396 g/mol. The summed E-state index contributed by atoms with van der Waals surface area (Å²) in [4.78, 5) is 23.2. The van der Waals surface area contributed by atoms with E-state index in [2.05, 4.69) is 15.3 Å². The lowest BCUT2D eigenvalue weighted by Gasteiger charge is -2.27. The molecule has 0 atom stereocenters. The summed E-state index contributed by atoms with van der Waals surface area (Å²) >= 11 is 1.37. The molecule has 0 unspecified atom stereocenters. The van der Waals surface area contributed by atoms with Crippen LogP contribution in [-0.4, -0.2) is 47.1 Å². The molecular formula is C20H20N4O3S. The molecule has 1 saturated heterocycles. The maximum atomic E-state index is 12.8. The Morgan fingerprint density at radius 1 is 1.21 bits per heavy atom. The normalized spacial score (nSPS) is 14.0. The molecule has 0 bridgehead atoms. The average molecular weight is 396 g/mol. The maximum absolute atomic E-state index is 12.8. The van der Waals surface area contributed by atoms with Crippen LogP contribution in [0.1, 0.15) is 15.9 Å². The molecule has 0 saturated carbocycles. The van der Waals surface area contributed by atoms with Crippen LogP contribution >= 0.6 is 11.3 Å². The fourth-order valence-electron chi connectivity index (χ4n) is 2.86. The molecule has 3 aromatic rings. The number of thiazole rings is 1. The molecule has 1 fully saturated rings. The molecule has 144 valence electrons. The van der Waals surface area contributed by atoms with Crippen molar-refractivity contribution in [2.24, 2.45) is 0 Å². The van der Waals surface area contributed by atoms with Gasteiger partial charge in [-0.3, -0.25) is 4.79 Å². The van der Waals surface area contributed by atoms with Crippen molar-refractivity contribution in [3.05, 3.63) is 59.9 Å². The highest BCUT2D eigenvalue weighted by Crippen LogP contribution is 2.32. The molecule has 1 aromatic carbocycles. The van der Waals surface area contributed by atoms with Crippen LogP contribution in [0.3, 0.4) is 0 Å². The third-order valence-corrected chi connectivity index (χ3v) is 5.13. The second-order valence-corrected chi connectivity index (χ2v) is 7.30. The van der Waals surface area contributed by atoms with E-state index in [9.17, 15) is 4.79 Å². The molecule has 2 aromatic heterocycles. The number of nitrogens with one attached hydrogen (secondary N) is 1. The lowest BCUT2D eigenvalue weighted by molar-refractivity contribution is 0.0302. The van der Waals surface area contributed by atoms with Gasteiger partial charge in [0.05, 0.1) is 19.4 Å². The predicted octanol–water partition coefficient (Wildman–Crippen LogP) is 3.85. The molecule has 1 amide bonds. The zero-order valence-electron chi connectivity index (χ0n) is 15.4. The number of amides is 1. The van der Waals surface area contributed by atoms with E-state index in [0.717, 1.165) is 11.4 Å². The lowest BCUT2D eigenvalue weighted by atomic mass is 10.1. The number of hydrogen-bond acceptors (Lipinski definition) is 7. The molecule has 1 N–H and O–H groups in total. The number of ether oxygens (including phenoxy) is 2. The minimum absolute atomic E-state index is 0.00747. The first-order valence-corrected chi connectivity index (χ1v) is 9.80. The number of pyridine rings is 1. The van der Waals surface area contributed by atoms with Crippen LogP contribution in [0.5, 0.6) is 10.8 Å². The number of rotatable bonds is 5. The summed E-state index contributed by atoms with van der Waals surface area (Å²) in [5, 5.41) is 4.45. The van der Waals surface area contributed by atoms with Crippen LogP contribution in [0.4, 0.5) is 10.9 Å². The molecule has 28 heavy (non-hydrogen) atoms. The van der Waals surface area contributed by atoms with Crippen LogP contribution in [0.15, 0.2) is 48.8 Å². The number of anilines is 2. The smallest absolute Gasteiger partial charge is 0.254 e. The highest BCUT2D eigenvalue weighted by Gasteiger charge is 2.20. The lowest BCUT2D eigenvalue weighted by Crippen LogP contribution is -2.40. The van der Waals surface area contributed by atoms with Gasteiger partial charge in [-0.2, -0.15) is 0 Å². The number of aromatic nitrogens is 2. The van der Waals surface area contributed by atoms with Crippen molar-refractivity contribution < 1.29 is 14.3 Å². The van der Waals surface area contributed by atoms with E-state index in [1.165, 1.54) is 11.3 Å². The minimum Gasteiger partial charge on any atom is -0.445 e. The molecule has 3 heterocycles. The van der Waals surface area contributed by atoms with E-state index >= 15 is 0 Å². The topological polar surface area (TPSA) is 76.6 Å². The molecule has 1 aliphatic rings. The van der Waals surface area contributed by atoms with Gasteiger partial charge in [0, 0.05) is 24.8 Å². The Morgan fingerprint density at radius 2 is 2.07 bits per heavy atom. The summed E-state index contributed by atoms with van der Waals surface area (Å²) in [7, 11) is 0. The fraction of sp³-hybridized carbons (Fsp3) is 0.250. The van der Waals surface area contributed by atoms with Crippen molar-refractivity contribution in [1.29, 1.82) is 0 Å². The Labute approximate surface area is 167 Å². The summed E-state index contributed by atoms with van der Waals surface area (Å²) in [5.41, 5.74) is 1.57. The first-order valence-electron chi connectivity index (χ1n) is 8.98. The highest BCUT2D eigenvalue weighted by atomic mass is 32.1. The van der Waals surface area contributed by atoms with Gasteiger partial charge in [0.2, 0.25) is 5.06 Å². The average Bonchev–Trinajstić information content (AvgIpc) is 3.17. The Hall–Kier alpha value is -2.97. The number of nitrogens with zero attached hydrogens (tertiary/aromatic N) is 3. The number of carbonyl (C=O) groups is 1. The van der Waals surface area contributed by atoms with Gasteiger partial charge in [-0.05, 0) is 36.8 Å². The minimum atomic E-state index is 0.00747. The summed E-state index contributed by atoms with van der Waals surface area (Å²) in [6.07, 6.45) is 3.37. The van der Waals surface area contributed by atoms with Crippen molar-refractivity contribution in [1.82, 2.24) is 14.9 Å². The Kier molecular flexibility index (Phi) is 5.50. The molecule has 4 rings (SSSR count). The van der Waals surface area contributed by atoms with Gasteiger partial charge in [0.25, 0.3) is 5.91 Å². The van der Waals surface area contributed by atoms with E-state index < -0.39 is 0 Å². The molecule has 0 radical (unpaired) electrons. The molecular weight excluding hydrogens is 376 g/mol. The Bertz CT molecular complexity index is 955. The molecule has 1 aliphatic heterocycles. The van der Waals surface area contributed by atoms with Crippen molar-refractivity contribution in [2.75, 3.05) is 31.6 Å². The zero-order valence-corrected chi connectivity index (χ0v) is 16.2. The maximum Gasteiger partial charge on any atom is 0.254 e. The van der Waals surface area contributed by atoms with Gasteiger partial charge < -0.3 is 19.7 Å². The zero-order chi connectivity index (χ0) is 19.3. The van der Waals surface area contributed by atoms with Crippen LogP contribution in [-0.2, 0) is 4.74 Å². The van der Waals surface area contributed by atoms with Gasteiger partial charge in [-0.1, -0.05) is 23.5 Å². The van der Waals surface area contributed by atoms with Crippen molar-refractivity contribution in [3.8, 4) is 10.8 Å². The highest BCUT2D eigenvalue weighted by molar-refractivity contribution is 7.17. The van der Waals surface area contributed by atoms with E-state index in [-0.39, 0.29) is 5.91 Å². The third-order valence-electron chi connectivity index (χ3n) is 4.34. The number of morpholine rings is 1. The van der Waals surface area contributed by atoms with Gasteiger partial charge in [-0.25, -0.2) is 9.97 Å². The Morgan fingerprint density at radius 3 is 2.86 bits per heavy atom. The SMILES string of the molecule is Cc1ccc(Oc2cnc(Nc3ccccn3)s2)cc1C(=O)N1CCOCC1. The second-order valence-electron chi connectivity index (χ2n) is 6.31. The van der Waals surface area contributed by atoms with Crippen molar-refractivity contribution >= 4 is 28.2 Å². The van der Waals surface area contributed by atoms with Gasteiger partial charge >= 0.3 is 0 Å². The quantitative estimate of drug-likeness (QED) is 0.706. The van der Waals surface area contributed by atoms with E-state index in [1.54, 1.807) is 18.5 Å². The van der Waals surface area contributed by atoms with Gasteiger partial charge in [0.15, 0.2) is 5.13 Å². The summed E-state index contributed by atoms with van der Waals surface area (Å²) in [6, 6.07) is 11.2. The van der Waals surface area contributed by atoms with Crippen LogP contribution < -0.4 is 10.1 Å². The van der Waals surface area contributed by atoms with Gasteiger partial charge in [-0.15, -0.1) is 0 Å². The number of aryl methyl sites for hydroxylation is 1. The van der Waals surface area contributed by atoms with Crippen LogP contribution in [0.25, 0.3) is 0 Å². The first kappa shape index (κ1) is 18.4. The summed E-state index contributed by atoms with van der Waals surface area (Å²) in [6.45, 7) is 4.31. The number of benzene rings is 1. The first-order chi connectivity index (χ1) is 13.7. The number of carbonyl (C=O) groups excluding carboxylic acids is 1. The largest absolute Gasteiger partial charge is 0.445 e. The summed E-state index contributed by atoms with van der Waals surface area (Å²) in [5.74, 6) is 1.33. The predicted molar refractivity (Wildman–Crippen MR) is 108 cm³/mol. The molecule has 8 heteroatoms. The number of hydrogen-bond donors (Lipinski definition) is 1. The standard InChI is InChI=1S/C20H20N4O3S/c1-14-5-6-15(12-16(14)19(25)24-8-10-26-11-9-24)27-18-13-22-20(28-18)23-17-4-2-3-7-21-17/h2-7,12-13H,8-11H2,1H3,(H,21,22,23). The van der Waals surface area contributed by atoms with Gasteiger partial charge in [0.1, 0.15) is 11.6 Å². The third kappa shape index (κ3) is 4.29. The van der Waals surface area contributed by atoms with Crippen molar-refractivity contribution in [3.63, 3.8) is 0 Å².